The Balaban J connectivity index is 1.67. The minimum atomic E-state index is -0.319. The molecule has 2 heterocycles. The predicted octanol–water partition coefficient (Wildman–Crippen LogP) is 4.44. The highest BCUT2D eigenvalue weighted by atomic mass is 79.9. The van der Waals surface area contributed by atoms with Gasteiger partial charge in [-0.2, -0.15) is 5.26 Å². The van der Waals surface area contributed by atoms with Crippen LogP contribution in [0, 0.1) is 18.3 Å². The van der Waals surface area contributed by atoms with Crippen molar-refractivity contribution in [3.8, 4) is 6.07 Å². The van der Waals surface area contributed by atoms with E-state index in [1.807, 2.05) is 13.0 Å². The molecule has 0 atom stereocenters. The van der Waals surface area contributed by atoms with E-state index in [4.69, 9.17) is 9.47 Å². The molecule has 0 unspecified atom stereocenters. The zero-order valence-electron chi connectivity index (χ0n) is 13.1. The quantitative estimate of drug-likeness (QED) is 0.740. The Morgan fingerprint density at radius 2 is 1.96 bits per heavy atom. The second kappa shape index (κ2) is 5.62. The van der Waals surface area contributed by atoms with Crippen LogP contribution in [0.25, 0.3) is 10.9 Å². The smallest absolute Gasteiger partial charge is 0.168 e. The maximum atomic E-state index is 9.24. The van der Waals surface area contributed by atoms with Gasteiger partial charge in [-0.15, -0.1) is 0 Å². The summed E-state index contributed by atoms with van der Waals surface area (Å²) in [6, 6.07) is 6.84. The van der Waals surface area contributed by atoms with Crippen LogP contribution in [0.2, 0.25) is 0 Å². The van der Waals surface area contributed by atoms with Crippen molar-refractivity contribution in [3.63, 3.8) is 0 Å². The van der Waals surface area contributed by atoms with Gasteiger partial charge in [-0.25, -0.2) is 0 Å². The van der Waals surface area contributed by atoms with Gasteiger partial charge in [-0.1, -0.05) is 0 Å². The number of benzene rings is 1. The van der Waals surface area contributed by atoms with E-state index < -0.39 is 0 Å². The first-order valence-electron chi connectivity index (χ1n) is 8.11. The Morgan fingerprint density at radius 1 is 1.26 bits per heavy atom. The van der Waals surface area contributed by atoms with Crippen molar-refractivity contribution in [1.29, 1.82) is 5.26 Å². The fourth-order valence-electron chi connectivity index (χ4n) is 3.89. The molecule has 0 N–H and O–H groups in total. The van der Waals surface area contributed by atoms with Gasteiger partial charge < -0.3 is 14.0 Å². The van der Waals surface area contributed by atoms with E-state index in [1.54, 1.807) is 0 Å². The molecule has 120 valence electrons. The largest absolute Gasteiger partial charge is 0.348 e. The van der Waals surface area contributed by atoms with Gasteiger partial charge >= 0.3 is 0 Å². The summed E-state index contributed by atoms with van der Waals surface area (Å²) >= 11 is 3.65. The summed E-state index contributed by atoms with van der Waals surface area (Å²) in [5.74, 6) is -0.319. The minimum Gasteiger partial charge on any atom is -0.348 e. The number of aryl methyl sites for hydroxylation is 1. The molecule has 1 aromatic heterocycles. The molecule has 0 amide bonds. The average Bonchev–Trinajstić information content (AvgIpc) is 3.13. The maximum Gasteiger partial charge on any atom is 0.168 e. The van der Waals surface area contributed by atoms with Gasteiger partial charge in [0.15, 0.2) is 5.79 Å². The fourth-order valence-corrected chi connectivity index (χ4v) is 4.43. The lowest BCUT2D eigenvalue weighted by Gasteiger charge is -2.36. The van der Waals surface area contributed by atoms with E-state index >= 15 is 0 Å². The number of rotatable bonds is 1. The normalized spacial score (nSPS) is 21.1. The molecular weight excluding hydrogens is 356 g/mol. The molecule has 4 nitrogen and oxygen atoms in total. The van der Waals surface area contributed by atoms with Crippen LogP contribution in [-0.2, 0) is 9.47 Å². The lowest BCUT2D eigenvalue weighted by molar-refractivity contribution is -0.181. The first kappa shape index (κ1) is 15.2. The van der Waals surface area contributed by atoms with Crippen LogP contribution in [0.1, 0.15) is 42.9 Å². The number of aromatic nitrogens is 1. The van der Waals surface area contributed by atoms with Gasteiger partial charge in [0.1, 0.15) is 0 Å². The van der Waals surface area contributed by atoms with E-state index in [0.29, 0.717) is 6.04 Å². The average molecular weight is 375 g/mol. The SMILES string of the molecule is Cc1cc2c(cc1C#N)c(Br)cn2C1CCC2(CC1)OCCO2. The molecule has 1 spiro atoms. The van der Waals surface area contributed by atoms with Crippen LogP contribution >= 0.6 is 15.9 Å². The first-order valence-corrected chi connectivity index (χ1v) is 8.90. The molecule has 1 aromatic carbocycles. The molecular formula is C18H19BrN2O2. The number of hydrogen-bond donors (Lipinski definition) is 0. The van der Waals surface area contributed by atoms with Crippen molar-refractivity contribution < 1.29 is 9.47 Å². The van der Waals surface area contributed by atoms with Crippen molar-refractivity contribution in [1.82, 2.24) is 4.57 Å². The number of ether oxygens (including phenoxy) is 2. The summed E-state index contributed by atoms with van der Waals surface area (Å²) in [5, 5.41) is 10.4. The molecule has 4 rings (SSSR count). The van der Waals surface area contributed by atoms with E-state index in [1.165, 1.54) is 5.52 Å². The van der Waals surface area contributed by atoms with Gasteiger partial charge in [-0.05, 0) is 53.4 Å². The summed E-state index contributed by atoms with van der Waals surface area (Å²) < 4.78 is 15.1. The van der Waals surface area contributed by atoms with Crippen molar-refractivity contribution in [2.45, 2.75) is 44.4 Å². The highest BCUT2D eigenvalue weighted by molar-refractivity contribution is 9.10. The Hall–Kier alpha value is -1.35. The molecule has 2 fully saturated rings. The van der Waals surface area contributed by atoms with Crippen molar-refractivity contribution in [2.24, 2.45) is 0 Å². The summed E-state index contributed by atoms with van der Waals surface area (Å²) in [5.41, 5.74) is 2.97. The molecule has 1 saturated heterocycles. The van der Waals surface area contributed by atoms with Crippen LogP contribution in [0.5, 0.6) is 0 Å². The highest BCUT2D eigenvalue weighted by Crippen LogP contribution is 2.42. The molecule has 1 aliphatic carbocycles. The van der Waals surface area contributed by atoms with Crippen molar-refractivity contribution in [3.05, 3.63) is 33.9 Å². The third-order valence-corrected chi connectivity index (χ3v) is 5.81. The summed E-state index contributed by atoms with van der Waals surface area (Å²) in [6.45, 7) is 3.44. The molecule has 2 aliphatic rings. The van der Waals surface area contributed by atoms with E-state index in [9.17, 15) is 5.26 Å². The predicted molar refractivity (Wildman–Crippen MR) is 91.2 cm³/mol. The van der Waals surface area contributed by atoms with Crippen LogP contribution in [-0.4, -0.2) is 23.6 Å². The zero-order chi connectivity index (χ0) is 16.0. The lowest BCUT2D eigenvalue weighted by Crippen LogP contribution is -2.35. The molecule has 23 heavy (non-hydrogen) atoms. The summed E-state index contributed by atoms with van der Waals surface area (Å²) in [7, 11) is 0. The Kier molecular flexibility index (Phi) is 3.72. The number of nitrogens with zero attached hydrogens (tertiary/aromatic N) is 2. The standard InChI is InChI=1S/C18H19BrN2O2/c1-12-8-17-15(9-13(12)10-20)16(19)11-21(17)14-2-4-18(5-3-14)22-6-7-23-18/h8-9,11,14H,2-7H2,1H3. The maximum absolute atomic E-state index is 9.24. The lowest BCUT2D eigenvalue weighted by atomic mass is 9.89. The third-order valence-electron chi connectivity index (χ3n) is 5.17. The van der Waals surface area contributed by atoms with Gasteiger partial charge in [0.2, 0.25) is 0 Å². The van der Waals surface area contributed by atoms with Gasteiger partial charge in [0.25, 0.3) is 0 Å². The molecule has 0 radical (unpaired) electrons. The Labute approximate surface area is 144 Å². The first-order chi connectivity index (χ1) is 11.1. The molecule has 1 aliphatic heterocycles. The van der Waals surface area contributed by atoms with Gasteiger partial charge in [-0.3, -0.25) is 0 Å². The Morgan fingerprint density at radius 3 is 2.61 bits per heavy atom. The summed E-state index contributed by atoms with van der Waals surface area (Å²) in [6.07, 6.45) is 6.16. The topological polar surface area (TPSA) is 47.2 Å². The van der Waals surface area contributed by atoms with E-state index in [2.05, 4.69) is 38.8 Å². The second-order valence-electron chi connectivity index (χ2n) is 6.52. The monoisotopic (exact) mass is 374 g/mol. The molecule has 2 aromatic rings. The van der Waals surface area contributed by atoms with Crippen LogP contribution in [0.15, 0.2) is 22.8 Å². The van der Waals surface area contributed by atoms with Crippen LogP contribution in [0.4, 0.5) is 0 Å². The minimum absolute atomic E-state index is 0.319. The van der Waals surface area contributed by atoms with Gasteiger partial charge in [0, 0.05) is 40.5 Å². The summed E-state index contributed by atoms with van der Waals surface area (Å²) in [4.78, 5) is 0. The highest BCUT2D eigenvalue weighted by Gasteiger charge is 2.40. The number of nitriles is 1. The number of halogens is 1. The fraction of sp³-hybridized carbons (Fsp3) is 0.500. The number of fused-ring (bicyclic) bond motifs is 1. The van der Waals surface area contributed by atoms with E-state index in [-0.39, 0.29) is 5.79 Å². The third kappa shape index (κ3) is 2.50. The van der Waals surface area contributed by atoms with Crippen LogP contribution < -0.4 is 0 Å². The van der Waals surface area contributed by atoms with E-state index in [0.717, 1.165) is 59.9 Å². The second-order valence-corrected chi connectivity index (χ2v) is 7.37. The van der Waals surface area contributed by atoms with Crippen LogP contribution in [0.3, 0.4) is 0 Å². The van der Waals surface area contributed by atoms with Crippen molar-refractivity contribution in [2.75, 3.05) is 13.2 Å². The van der Waals surface area contributed by atoms with Gasteiger partial charge in [0.05, 0.1) is 24.8 Å². The molecule has 0 bridgehead atoms. The van der Waals surface area contributed by atoms with Crippen molar-refractivity contribution >= 4 is 26.8 Å². The molecule has 5 heteroatoms. The molecule has 1 saturated carbocycles. The zero-order valence-corrected chi connectivity index (χ0v) is 14.7. The Bertz CT molecular complexity index is 789. The number of hydrogen-bond acceptors (Lipinski definition) is 3.